The van der Waals surface area contributed by atoms with Crippen molar-refractivity contribution >= 4 is 15.8 Å². The van der Waals surface area contributed by atoms with E-state index >= 15 is 0 Å². The van der Waals surface area contributed by atoms with E-state index in [1.54, 1.807) is 7.05 Å². The largest absolute Gasteiger partial charge is 0.356 e. The van der Waals surface area contributed by atoms with Crippen LogP contribution >= 0.6 is 0 Å². The normalized spacial score (nSPS) is 18.2. The van der Waals surface area contributed by atoms with Crippen molar-refractivity contribution in [2.24, 2.45) is 10.9 Å². The van der Waals surface area contributed by atoms with Gasteiger partial charge in [-0.05, 0) is 32.1 Å². The Bertz CT molecular complexity index is 389. The number of nitrogens with one attached hydrogen (secondary N) is 2. The standard InChI is InChI=1S/C13H27N3O2S/c1-11(8-10-19(3,17)18)16-13(14-2)15-9-4-5-12-6-7-12/h11-12H,4-10H2,1-3H3,(H2,14,15,16). The lowest BCUT2D eigenvalue weighted by atomic mass is 10.2. The van der Waals surface area contributed by atoms with Crippen molar-refractivity contribution in [3.05, 3.63) is 0 Å². The summed E-state index contributed by atoms with van der Waals surface area (Å²) < 4.78 is 22.2. The maximum absolute atomic E-state index is 11.1. The van der Waals surface area contributed by atoms with Crippen LogP contribution in [0, 0.1) is 5.92 Å². The maximum atomic E-state index is 11.1. The van der Waals surface area contributed by atoms with Gasteiger partial charge in [0.05, 0.1) is 5.75 Å². The molecular formula is C13H27N3O2S. The first-order valence-electron chi connectivity index (χ1n) is 7.05. The highest BCUT2D eigenvalue weighted by Crippen LogP contribution is 2.33. The summed E-state index contributed by atoms with van der Waals surface area (Å²) in [4.78, 5) is 4.15. The molecule has 1 aliphatic rings. The molecule has 1 rings (SSSR count). The third kappa shape index (κ3) is 8.86. The summed E-state index contributed by atoms with van der Waals surface area (Å²) in [6.45, 7) is 2.90. The van der Waals surface area contributed by atoms with Crippen molar-refractivity contribution in [1.29, 1.82) is 0 Å². The van der Waals surface area contributed by atoms with Crippen LogP contribution < -0.4 is 10.6 Å². The Balaban J connectivity index is 2.15. The summed E-state index contributed by atoms with van der Waals surface area (Å²) in [5, 5.41) is 6.49. The van der Waals surface area contributed by atoms with E-state index in [9.17, 15) is 8.42 Å². The van der Waals surface area contributed by atoms with Crippen LogP contribution in [-0.2, 0) is 9.84 Å². The summed E-state index contributed by atoms with van der Waals surface area (Å²) in [5.74, 6) is 1.93. The summed E-state index contributed by atoms with van der Waals surface area (Å²) in [6, 6.07) is 0.101. The maximum Gasteiger partial charge on any atom is 0.191 e. The Hall–Kier alpha value is -0.780. The molecule has 6 heteroatoms. The number of guanidine groups is 1. The van der Waals surface area contributed by atoms with Gasteiger partial charge in [0, 0.05) is 25.9 Å². The Labute approximate surface area is 117 Å². The van der Waals surface area contributed by atoms with Crippen LogP contribution in [0.1, 0.15) is 39.0 Å². The van der Waals surface area contributed by atoms with Crippen LogP contribution in [0.3, 0.4) is 0 Å². The van der Waals surface area contributed by atoms with Crippen molar-refractivity contribution in [2.45, 2.75) is 45.1 Å². The van der Waals surface area contributed by atoms with Gasteiger partial charge in [0.2, 0.25) is 0 Å². The lowest BCUT2D eigenvalue weighted by Crippen LogP contribution is -2.43. The molecule has 1 aliphatic carbocycles. The van der Waals surface area contributed by atoms with Crippen molar-refractivity contribution in [3.8, 4) is 0 Å². The second-order valence-corrected chi connectivity index (χ2v) is 7.81. The molecule has 5 nitrogen and oxygen atoms in total. The number of nitrogens with zero attached hydrogens (tertiary/aromatic N) is 1. The van der Waals surface area contributed by atoms with Crippen molar-refractivity contribution in [1.82, 2.24) is 10.6 Å². The highest BCUT2D eigenvalue weighted by molar-refractivity contribution is 7.90. The molecule has 0 amide bonds. The van der Waals surface area contributed by atoms with Gasteiger partial charge in [-0.3, -0.25) is 4.99 Å². The highest BCUT2D eigenvalue weighted by atomic mass is 32.2. The lowest BCUT2D eigenvalue weighted by Gasteiger charge is -2.17. The number of aliphatic imine (C=N–C) groups is 1. The second-order valence-electron chi connectivity index (χ2n) is 5.55. The third-order valence-electron chi connectivity index (χ3n) is 3.31. The Kier molecular flexibility index (Phi) is 6.62. The molecule has 1 saturated carbocycles. The average molecular weight is 289 g/mol. The molecule has 0 aromatic carbocycles. The SMILES string of the molecule is CN=C(NCCCC1CC1)NC(C)CCS(C)(=O)=O. The third-order valence-corrected chi connectivity index (χ3v) is 4.28. The molecule has 0 saturated heterocycles. The molecule has 112 valence electrons. The number of hydrogen-bond donors (Lipinski definition) is 2. The number of hydrogen-bond acceptors (Lipinski definition) is 3. The van der Waals surface area contributed by atoms with Gasteiger partial charge in [-0.2, -0.15) is 0 Å². The number of rotatable bonds is 8. The quantitative estimate of drug-likeness (QED) is 0.400. The first kappa shape index (κ1) is 16.3. The predicted molar refractivity (Wildman–Crippen MR) is 80.2 cm³/mol. The van der Waals surface area contributed by atoms with Crippen LogP contribution in [0.15, 0.2) is 4.99 Å². The van der Waals surface area contributed by atoms with Crippen molar-refractivity contribution < 1.29 is 8.42 Å². The van der Waals surface area contributed by atoms with E-state index in [4.69, 9.17) is 0 Å². The fourth-order valence-corrected chi connectivity index (χ4v) is 2.68. The van der Waals surface area contributed by atoms with Crippen LogP contribution in [0.4, 0.5) is 0 Å². The minimum absolute atomic E-state index is 0.101. The first-order valence-corrected chi connectivity index (χ1v) is 9.11. The molecule has 1 fully saturated rings. The predicted octanol–water partition coefficient (Wildman–Crippen LogP) is 1.16. The van der Waals surface area contributed by atoms with Crippen molar-refractivity contribution in [2.75, 3.05) is 25.6 Å². The fraction of sp³-hybridized carbons (Fsp3) is 0.923. The summed E-state index contributed by atoms with van der Waals surface area (Å²) >= 11 is 0. The molecule has 0 aromatic rings. The molecule has 0 radical (unpaired) electrons. The summed E-state index contributed by atoms with van der Waals surface area (Å²) in [5.41, 5.74) is 0. The molecule has 0 spiro atoms. The van der Waals surface area contributed by atoms with E-state index in [-0.39, 0.29) is 11.8 Å². The van der Waals surface area contributed by atoms with Gasteiger partial charge in [-0.25, -0.2) is 8.42 Å². The van der Waals surface area contributed by atoms with Gasteiger partial charge in [-0.15, -0.1) is 0 Å². The van der Waals surface area contributed by atoms with Gasteiger partial charge < -0.3 is 10.6 Å². The monoisotopic (exact) mass is 289 g/mol. The minimum atomic E-state index is -2.89. The second kappa shape index (κ2) is 7.72. The van der Waals surface area contributed by atoms with Gasteiger partial charge in [-0.1, -0.05) is 12.8 Å². The number of sulfone groups is 1. The smallest absolute Gasteiger partial charge is 0.191 e. The van der Waals surface area contributed by atoms with E-state index in [1.165, 1.54) is 31.9 Å². The highest BCUT2D eigenvalue weighted by Gasteiger charge is 2.20. The van der Waals surface area contributed by atoms with Gasteiger partial charge >= 0.3 is 0 Å². The molecule has 0 aromatic heterocycles. The van der Waals surface area contributed by atoms with Crippen molar-refractivity contribution in [3.63, 3.8) is 0 Å². The molecule has 0 heterocycles. The van der Waals surface area contributed by atoms with Crippen LogP contribution in [0.25, 0.3) is 0 Å². The topological polar surface area (TPSA) is 70.6 Å². The first-order chi connectivity index (χ1) is 8.90. The van der Waals surface area contributed by atoms with Crippen LogP contribution in [0.2, 0.25) is 0 Å². The average Bonchev–Trinajstić information content (AvgIpc) is 3.13. The fourth-order valence-electron chi connectivity index (χ4n) is 1.90. The van der Waals surface area contributed by atoms with Gasteiger partial charge in [0.25, 0.3) is 0 Å². The van der Waals surface area contributed by atoms with Crippen LogP contribution in [0.5, 0.6) is 0 Å². The molecule has 19 heavy (non-hydrogen) atoms. The molecule has 0 bridgehead atoms. The zero-order valence-electron chi connectivity index (χ0n) is 12.3. The van der Waals surface area contributed by atoms with E-state index in [0.29, 0.717) is 6.42 Å². The van der Waals surface area contributed by atoms with E-state index < -0.39 is 9.84 Å². The van der Waals surface area contributed by atoms with E-state index in [0.717, 1.165) is 18.4 Å². The molecule has 0 aliphatic heterocycles. The zero-order chi connectivity index (χ0) is 14.3. The Morgan fingerprint density at radius 2 is 2.11 bits per heavy atom. The lowest BCUT2D eigenvalue weighted by molar-refractivity contribution is 0.578. The molecule has 2 N–H and O–H groups in total. The van der Waals surface area contributed by atoms with E-state index in [1.807, 2.05) is 6.92 Å². The van der Waals surface area contributed by atoms with Crippen LogP contribution in [-0.4, -0.2) is 46.0 Å². The van der Waals surface area contributed by atoms with Gasteiger partial charge in [0.15, 0.2) is 5.96 Å². The molecule has 1 atom stereocenters. The Morgan fingerprint density at radius 3 is 2.63 bits per heavy atom. The summed E-state index contributed by atoms with van der Waals surface area (Å²) in [7, 11) is -1.15. The molecular weight excluding hydrogens is 262 g/mol. The van der Waals surface area contributed by atoms with Gasteiger partial charge in [0.1, 0.15) is 9.84 Å². The minimum Gasteiger partial charge on any atom is -0.356 e. The summed E-state index contributed by atoms with van der Waals surface area (Å²) in [6.07, 6.45) is 7.13. The molecule has 1 unspecified atom stereocenters. The zero-order valence-corrected chi connectivity index (χ0v) is 13.1. The van der Waals surface area contributed by atoms with E-state index in [2.05, 4.69) is 15.6 Å². The Morgan fingerprint density at radius 1 is 1.42 bits per heavy atom.